The second-order valence-electron chi connectivity index (χ2n) is 3.15. The van der Waals surface area contributed by atoms with Crippen molar-refractivity contribution in [2.24, 2.45) is 0 Å². The van der Waals surface area contributed by atoms with Crippen molar-refractivity contribution in [1.82, 2.24) is 0 Å². The predicted molar refractivity (Wildman–Crippen MR) is 73.3 cm³/mol. The van der Waals surface area contributed by atoms with Crippen LogP contribution in [0.1, 0.15) is 0 Å². The van der Waals surface area contributed by atoms with Gasteiger partial charge in [-0.25, -0.2) is 0 Å². The van der Waals surface area contributed by atoms with Gasteiger partial charge in [-0.3, -0.25) is 0 Å². The molecule has 0 aliphatic rings. The lowest BCUT2D eigenvalue weighted by molar-refractivity contribution is 0.474. The quantitative estimate of drug-likeness (QED) is 0.763. The summed E-state index contributed by atoms with van der Waals surface area (Å²) in [4.78, 5) is 0. The smallest absolute Gasteiger partial charge is 0.0913 e. The van der Waals surface area contributed by atoms with Gasteiger partial charge in [0.2, 0.25) is 0 Å². The molecule has 0 spiro atoms. The molecule has 0 fully saturated rings. The van der Waals surface area contributed by atoms with Gasteiger partial charge in [0.1, 0.15) is 0 Å². The fourth-order valence-corrected chi connectivity index (χ4v) is 3.09. The van der Waals surface area contributed by atoms with Crippen molar-refractivity contribution in [3.05, 3.63) is 60.7 Å². The highest BCUT2D eigenvalue weighted by Crippen LogP contribution is 2.32. The molecule has 0 heterocycles. The van der Waals surface area contributed by atoms with Gasteiger partial charge in [0.05, 0.1) is 8.15 Å². The zero-order chi connectivity index (χ0) is 10.5. The largest absolute Gasteiger partial charge is 0.353 e. The lowest BCUT2D eigenvalue weighted by Gasteiger charge is -2.15. The second kappa shape index (κ2) is 6.65. The first kappa shape index (κ1) is 13.2. The highest BCUT2D eigenvalue weighted by molar-refractivity contribution is 7.68. The van der Waals surface area contributed by atoms with Crippen molar-refractivity contribution in [1.29, 1.82) is 0 Å². The van der Waals surface area contributed by atoms with Crippen LogP contribution in [-0.4, -0.2) is 7.11 Å². The molecule has 0 N–H and O–H groups in total. The zero-order valence-corrected chi connectivity index (χ0v) is 10.7. The van der Waals surface area contributed by atoms with Gasteiger partial charge >= 0.3 is 0 Å². The van der Waals surface area contributed by atoms with Gasteiger partial charge < -0.3 is 4.52 Å². The zero-order valence-electron chi connectivity index (χ0n) is 9.04. The Kier molecular flexibility index (Phi) is 5.48. The molecule has 3 heteroatoms. The number of hydrogen-bond acceptors (Lipinski definition) is 1. The molecule has 0 saturated heterocycles. The molecular weight excluding hydrogens is 239 g/mol. The molecular formula is C13H14ClOP. The molecule has 2 rings (SSSR count). The van der Waals surface area contributed by atoms with Crippen LogP contribution in [0, 0.1) is 0 Å². The molecule has 0 atom stereocenters. The van der Waals surface area contributed by atoms with Gasteiger partial charge in [0.15, 0.2) is 0 Å². The van der Waals surface area contributed by atoms with E-state index in [4.69, 9.17) is 4.52 Å². The minimum absolute atomic E-state index is 0. The van der Waals surface area contributed by atoms with Crippen LogP contribution in [0.15, 0.2) is 60.7 Å². The van der Waals surface area contributed by atoms with Gasteiger partial charge in [-0.15, -0.1) is 12.4 Å². The summed E-state index contributed by atoms with van der Waals surface area (Å²) >= 11 is 0. The van der Waals surface area contributed by atoms with Crippen LogP contribution in [0.4, 0.5) is 0 Å². The molecule has 16 heavy (non-hydrogen) atoms. The Morgan fingerprint density at radius 1 is 0.750 bits per heavy atom. The van der Waals surface area contributed by atoms with E-state index in [0.717, 1.165) is 0 Å². The number of rotatable bonds is 3. The van der Waals surface area contributed by atoms with E-state index in [1.165, 1.54) is 10.6 Å². The summed E-state index contributed by atoms with van der Waals surface area (Å²) in [5, 5.41) is 2.50. The Labute approximate surface area is 104 Å². The SMILES string of the molecule is COP(c1ccccc1)c1ccccc1.Cl. The van der Waals surface area contributed by atoms with E-state index in [2.05, 4.69) is 24.3 Å². The molecule has 1 nitrogen and oxygen atoms in total. The highest BCUT2D eigenvalue weighted by Gasteiger charge is 2.11. The van der Waals surface area contributed by atoms with Crippen molar-refractivity contribution in [2.75, 3.05) is 7.11 Å². The highest BCUT2D eigenvalue weighted by atomic mass is 35.5. The molecule has 0 amide bonds. The molecule has 0 aromatic heterocycles. The Bertz CT molecular complexity index is 365. The van der Waals surface area contributed by atoms with Crippen LogP contribution in [0.25, 0.3) is 0 Å². The molecule has 84 valence electrons. The van der Waals surface area contributed by atoms with E-state index in [9.17, 15) is 0 Å². The Morgan fingerprint density at radius 3 is 1.44 bits per heavy atom. The summed E-state index contributed by atoms with van der Waals surface area (Å²) in [6, 6.07) is 20.7. The first-order valence-electron chi connectivity index (χ1n) is 4.86. The first-order valence-corrected chi connectivity index (χ1v) is 6.12. The molecule has 2 aromatic rings. The number of benzene rings is 2. The summed E-state index contributed by atoms with van der Waals surface area (Å²) in [6.45, 7) is 0. The first-order chi connectivity index (χ1) is 7.42. The van der Waals surface area contributed by atoms with E-state index >= 15 is 0 Å². The molecule has 0 aliphatic heterocycles. The lowest BCUT2D eigenvalue weighted by Crippen LogP contribution is -2.11. The molecule has 2 aromatic carbocycles. The monoisotopic (exact) mass is 252 g/mol. The Morgan fingerprint density at radius 2 is 1.12 bits per heavy atom. The standard InChI is InChI=1S/C13H13OP.ClH/c1-14-15(12-8-4-2-5-9-12)13-10-6-3-7-11-13;/h2-11H,1H3;1H. The summed E-state index contributed by atoms with van der Waals surface area (Å²) in [7, 11) is 1.12. The van der Waals surface area contributed by atoms with Gasteiger partial charge in [-0.1, -0.05) is 60.7 Å². The third-order valence-corrected chi connectivity index (χ3v) is 4.06. The van der Waals surface area contributed by atoms with Crippen molar-refractivity contribution in [2.45, 2.75) is 0 Å². The summed E-state index contributed by atoms with van der Waals surface area (Å²) in [5.74, 6) is 0. The third kappa shape index (κ3) is 3.05. The van der Waals surface area contributed by atoms with Gasteiger partial charge in [0.25, 0.3) is 0 Å². The minimum atomic E-state index is -0.649. The van der Waals surface area contributed by atoms with Crippen LogP contribution in [-0.2, 0) is 4.52 Å². The molecule has 0 saturated carbocycles. The van der Waals surface area contributed by atoms with Gasteiger partial charge in [-0.05, 0) is 0 Å². The maximum atomic E-state index is 5.59. The maximum absolute atomic E-state index is 5.59. The topological polar surface area (TPSA) is 9.23 Å². The van der Waals surface area contributed by atoms with Crippen molar-refractivity contribution < 1.29 is 4.52 Å². The van der Waals surface area contributed by atoms with E-state index in [0.29, 0.717) is 0 Å². The lowest BCUT2D eigenvalue weighted by atomic mass is 10.4. The van der Waals surface area contributed by atoms with Crippen LogP contribution in [0.5, 0.6) is 0 Å². The van der Waals surface area contributed by atoms with E-state index in [-0.39, 0.29) is 12.4 Å². The molecule has 0 unspecified atom stereocenters. The second-order valence-corrected chi connectivity index (χ2v) is 5.13. The van der Waals surface area contributed by atoms with Crippen LogP contribution in [0.3, 0.4) is 0 Å². The summed E-state index contributed by atoms with van der Waals surface area (Å²) < 4.78 is 5.59. The predicted octanol–water partition coefficient (Wildman–Crippen LogP) is 3.10. The van der Waals surface area contributed by atoms with Crippen molar-refractivity contribution in [3.63, 3.8) is 0 Å². The average Bonchev–Trinajstić information content (AvgIpc) is 2.33. The van der Waals surface area contributed by atoms with E-state index in [1.807, 2.05) is 36.4 Å². The van der Waals surface area contributed by atoms with Gasteiger partial charge in [0, 0.05) is 17.7 Å². The summed E-state index contributed by atoms with van der Waals surface area (Å²) in [5.41, 5.74) is 0. The Hall–Kier alpha value is -0.880. The van der Waals surface area contributed by atoms with Crippen LogP contribution >= 0.6 is 20.6 Å². The fourth-order valence-electron chi connectivity index (χ4n) is 1.49. The van der Waals surface area contributed by atoms with Crippen molar-refractivity contribution in [3.8, 4) is 0 Å². The average molecular weight is 253 g/mol. The minimum Gasteiger partial charge on any atom is -0.353 e. The Balaban J connectivity index is 0.00000128. The summed E-state index contributed by atoms with van der Waals surface area (Å²) in [6.07, 6.45) is 0. The molecule has 0 aliphatic carbocycles. The van der Waals surface area contributed by atoms with E-state index < -0.39 is 8.15 Å². The van der Waals surface area contributed by atoms with Crippen molar-refractivity contribution >= 4 is 31.2 Å². The maximum Gasteiger partial charge on any atom is 0.0913 e. The third-order valence-electron chi connectivity index (χ3n) is 2.16. The normalized spacial score (nSPS) is 9.88. The van der Waals surface area contributed by atoms with Gasteiger partial charge in [-0.2, -0.15) is 0 Å². The number of hydrogen-bond donors (Lipinski definition) is 0. The van der Waals surface area contributed by atoms with E-state index in [1.54, 1.807) is 7.11 Å². The number of halogens is 1. The molecule has 0 radical (unpaired) electrons. The molecule has 0 bridgehead atoms. The fraction of sp³-hybridized carbons (Fsp3) is 0.0769. The van der Waals surface area contributed by atoms with Crippen LogP contribution < -0.4 is 10.6 Å². The van der Waals surface area contributed by atoms with Crippen LogP contribution in [0.2, 0.25) is 0 Å².